The van der Waals surface area contributed by atoms with Crippen LogP contribution in [0.1, 0.15) is 36.1 Å². The fourth-order valence-electron chi connectivity index (χ4n) is 4.62. The molecule has 1 atom stereocenters. The third kappa shape index (κ3) is 5.60. The fourth-order valence-corrected chi connectivity index (χ4v) is 4.88. The number of aryl methyl sites for hydroxylation is 1. The molecule has 2 saturated heterocycles. The van der Waals surface area contributed by atoms with Crippen LogP contribution in [-0.2, 0) is 14.3 Å². The van der Waals surface area contributed by atoms with Crippen LogP contribution >= 0.6 is 15.9 Å². The number of nitrogens with zero attached hydrogens (tertiary/aromatic N) is 1. The maximum atomic E-state index is 13.3. The number of Topliss-reactive ketones (excluding diaryl/α,β-unsaturated/α-hetero) is 1. The van der Waals surface area contributed by atoms with Crippen LogP contribution < -0.4 is 9.64 Å². The number of hydrogen-bond donors (Lipinski definition) is 2. The number of aliphatic hydroxyl groups is 1. The maximum Gasteiger partial charge on any atom is 0.295 e. The first-order valence-corrected chi connectivity index (χ1v) is 12.9. The number of carbonyl (C=O) groups excluding carboxylic acids is 2. The summed E-state index contributed by atoms with van der Waals surface area (Å²) in [5.74, 6) is -0.660. The van der Waals surface area contributed by atoms with Gasteiger partial charge in [-0.1, -0.05) is 35.0 Å². The second kappa shape index (κ2) is 11.4. The molecule has 0 saturated carbocycles. The van der Waals surface area contributed by atoms with Crippen molar-refractivity contribution >= 4 is 33.4 Å². The second-order valence-electron chi connectivity index (χ2n) is 8.99. The number of carbonyl (C=O) groups is 2. The van der Waals surface area contributed by atoms with Crippen molar-refractivity contribution < 1.29 is 29.1 Å². The minimum Gasteiger partial charge on any atom is -0.507 e. The Morgan fingerprint density at radius 3 is 2.54 bits per heavy atom. The third-order valence-electron chi connectivity index (χ3n) is 6.54. The molecule has 2 aliphatic heterocycles. The van der Waals surface area contributed by atoms with Gasteiger partial charge in [0.15, 0.2) is 0 Å². The molecule has 1 amide bonds. The molecule has 8 heteroatoms. The van der Waals surface area contributed by atoms with Gasteiger partial charge in [-0.2, -0.15) is 0 Å². The molecule has 35 heavy (non-hydrogen) atoms. The molecule has 0 bridgehead atoms. The number of nitrogens with one attached hydrogen (secondary N) is 1. The molecule has 2 aromatic rings. The van der Waals surface area contributed by atoms with E-state index in [-0.39, 0.29) is 11.3 Å². The first-order valence-electron chi connectivity index (χ1n) is 12.1. The van der Waals surface area contributed by atoms with Gasteiger partial charge in [-0.25, -0.2) is 0 Å². The first kappa shape index (κ1) is 25.4. The van der Waals surface area contributed by atoms with Crippen LogP contribution in [0.25, 0.3) is 5.76 Å². The van der Waals surface area contributed by atoms with Crippen LogP contribution in [0.5, 0.6) is 5.75 Å². The van der Waals surface area contributed by atoms with Gasteiger partial charge < -0.3 is 24.4 Å². The number of benzene rings is 2. The Kier molecular flexibility index (Phi) is 8.26. The Balaban J connectivity index is 1.71. The normalized spacial score (nSPS) is 20.4. The fraction of sp³-hybridized carbons (Fsp3) is 0.407. The van der Waals surface area contributed by atoms with Crippen LogP contribution in [-0.4, -0.2) is 67.7 Å². The predicted molar refractivity (Wildman–Crippen MR) is 136 cm³/mol. The van der Waals surface area contributed by atoms with Crippen LogP contribution in [0.3, 0.4) is 0 Å². The second-order valence-corrected chi connectivity index (χ2v) is 9.90. The molecular formula is C27H32BrN2O5+. The zero-order chi connectivity index (χ0) is 24.9. The van der Waals surface area contributed by atoms with E-state index in [9.17, 15) is 14.7 Å². The lowest BCUT2D eigenvalue weighted by molar-refractivity contribution is -0.907. The highest BCUT2D eigenvalue weighted by Crippen LogP contribution is 2.39. The Labute approximate surface area is 214 Å². The number of amides is 1. The van der Waals surface area contributed by atoms with Crippen LogP contribution in [0.15, 0.2) is 52.5 Å². The van der Waals surface area contributed by atoms with Gasteiger partial charge in [-0.3, -0.25) is 9.59 Å². The number of aliphatic hydroxyl groups excluding tert-OH is 1. The summed E-state index contributed by atoms with van der Waals surface area (Å²) in [6.45, 7) is 8.81. The number of likely N-dealkylation sites (tertiary alicyclic amines) is 1. The number of ketones is 1. The van der Waals surface area contributed by atoms with Gasteiger partial charge in [0.2, 0.25) is 0 Å². The van der Waals surface area contributed by atoms with Gasteiger partial charge in [-0.15, -0.1) is 0 Å². The summed E-state index contributed by atoms with van der Waals surface area (Å²) in [5.41, 5.74) is 2.25. The van der Waals surface area contributed by atoms with E-state index in [0.717, 1.165) is 40.9 Å². The summed E-state index contributed by atoms with van der Waals surface area (Å²) < 4.78 is 12.1. The van der Waals surface area contributed by atoms with E-state index in [1.807, 2.05) is 38.1 Å². The topological polar surface area (TPSA) is 80.5 Å². The minimum absolute atomic E-state index is 0.121. The van der Waals surface area contributed by atoms with E-state index >= 15 is 0 Å². The highest BCUT2D eigenvalue weighted by atomic mass is 79.9. The lowest BCUT2D eigenvalue weighted by atomic mass is 9.95. The molecule has 0 radical (unpaired) electrons. The molecule has 7 nitrogen and oxygen atoms in total. The van der Waals surface area contributed by atoms with Crippen molar-refractivity contribution in [3.05, 3.63) is 69.2 Å². The van der Waals surface area contributed by atoms with Gasteiger partial charge in [0.25, 0.3) is 11.7 Å². The number of hydrogen-bond acceptors (Lipinski definition) is 5. The molecule has 0 spiro atoms. The molecule has 4 rings (SSSR count). The zero-order valence-electron chi connectivity index (χ0n) is 20.2. The lowest BCUT2D eigenvalue weighted by Crippen LogP contribution is -3.14. The summed E-state index contributed by atoms with van der Waals surface area (Å²) in [6.07, 6.45) is 0.893. The molecule has 0 unspecified atom stereocenters. The number of quaternary nitrogens is 1. The summed E-state index contributed by atoms with van der Waals surface area (Å²) in [6, 6.07) is 12.2. The van der Waals surface area contributed by atoms with Crippen molar-refractivity contribution in [2.24, 2.45) is 0 Å². The number of ether oxygens (including phenoxy) is 2. The lowest BCUT2D eigenvalue weighted by Gasteiger charge is -2.29. The largest absolute Gasteiger partial charge is 0.507 e. The van der Waals surface area contributed by atoms with E-state index in [4.69, 9.17) is 9.47 Å². The SMILES string of the molecule is CCCOc1ccc(C(O)=C2C(=O)C(=O)N(CC[NH+]3CCOCC3)[C@@H]2c2ccc(Br)cc2)cc1C. The Morgan fingerprint density at radius 1 is 1.17 bits per heavy atom. The van der Waals surface area contributed by atoms with Crippen molar-refractivity contribution in [1.82, 2.24) is 4.90 Å². The quantitative estimate of drug-likeness (QED) is 0.304. The van der Waals surface area contributed by atoms with Crippen LogP contribution in [0.4, 0.5) is 0 Å². The van der Waals surface area contributed by atoms with Gasteiger partial charge in [0.1, 0.15) is 24.6 Å². The van der Waals surface area contributed by atoms with Crippen molar-refractivity contribution in [2.45, 2.75) is 26.3 Å². The smallest absolute Gasteiger partial charge is 0.295 e. The number of morpholine rings is 1. The summed E-state index contributed by atoms with van der Waals surface area (Å²) in [5, 5.41) is 11.3. The van der Waals surface area contributed by atoms with E-state index < -0.39 is 17.7 Å². The molecule has 186 valence electrons. The Hall–Kier alpha value is -2.68. The number of rotatable bonds is 8. The summed E-state index contributed by atoms with van der Waals surface area (Å²) >= 11 is 3.45. The summed E-state index contributed by atoms with van der Waals surface area (Å²) in [7, 11) is 0. The molecule has 2 aromatic carbocycles. The van der Waals surface area contributed by atoms with Crippen molar-refractivity contribution in [3.63, 3.8) is 0 Å². The molecular weight excluding hydrogens is 512 g/mol. The molecule has 2 fully saturated rings. The highest BCUT2D eigenvalue weighted by Gasteiger charge is 2.46. The highest BCUT2D eigenvalue weighted by molar-refractivity contribution is 9.10. The van der Waals surface area contributed by atoms with E-state index in [1.165, 1.54) is 4.90 Å². The number of halogens is 1. The maximum absolute atomic E-state index is 13.3. The molecule has 2 N–H and O–H groups in total. The average Bonchev–Trinajstić information content (AvgIpc) is 3.12. The van der Waals surface area contributed by atoms with E-state index in [2.05, 4.69) is 15.9 Å². The van der Waals surface area contributed by atoms with E-state index in [1.54, 1.807) is 23.1 Å². The molecule has 2 heterocycles. The Bertz CT molecular complexity index is 1110. The third-order valence-corrected chi connectivity index (χ3v) is 7.07. The zero-order valence-corrected chi connectivity index (χ0v) is 21.8. The minimum atomic E-state index is -0.656. The van der Waals surface area contributed by atoms with Crippen LogP contribution in [0, 0.1) is 6.92 Å². The van der Waals surface area contributed by atoms with Gasteiger partial charge >= 0.3 is 0 Å². The van der Waals surface area contributed by atoms with Crippen molar-refractivity contribution in [1.29, 1.82) is 0 Å². The summed E-state index contributed by atoms with van der Waals surface area (Å²) in [4.78, 5) is 29.4. The first-order chi connectivity index (χ1) is 16.9. The molecule has 0 aliphatic carbocycles. The van der Waals surface area contributed by atoms with Gasteiger partial charge in [0, 0.05) is 10.0 Å². The average molecular weight is 544 g/mol. The van der Waals surface area contributed by atoms with Gasteiger partial charge in [0.05, 0.1) is 44.5 Å². The monoisotopic (exact) mass is 543 g/mol. The predicted octanol–water partition coefficient (Wildman–Crippen LogP) is 2.88. The standard InChI is InChI=1S/C27H31BrN2O5/c1-3-14-35-22-9-6-20(17-18(22)2)25(31)23-24(19-4-7-21(28)8-5-19)30(27(33)26(23)32)11-10-29-12-15-34-16-13-29/h4-9,17,24,31H,3,10-16H2,1-2H3/p+1/t24-/m1/s1. The van der Waals surface area contributed by atoms with Crippen molar-refractivity contribution in [2.75, 3.05) is 46.0 Å². The van der Waals surface area contributed by atoms with Crippen LogP contribution in [0.2, 0.25) is 0 Å². The van der Waals surface area contributed by atoms with Crippen molar-refractivity contribution in [3.8, 4) is 5.75 Å². The Morgan fingerprint density at radius 2 is 1.89 bits per heavy atom. The van der Waals surface area contributed by atoms with Gasteiger partial charge in [-0.05, 0) is 54.8 Å². The molecule has 2 aliphatic rings. The molecule has 0 aromatic heterocycles. The van der Waals surface area contributed by atoms with E-state index in [0.29, 0.717) is 38.5 Å².